The van der Waals surface area contributed by atoms with E-state index in [-0.39, 0.29) is 0 Å². The molecule has 1 aliphatic heterocycles. The number of aliphatic hydroxyl groups is 2. The fourth-order valence-electron chi connectivity index (χ4n) is 2.80. The topological polar surface area (TPSA) is 177 Å². The number of amides is 3. The van der Waals surface area contributed by atoms with Gasteiger partial charge in [0.2, 0.25) is 17.7 Å². The van der Waals surface area contributed by atoms with Crippen molar-refractivity contribution in [3.05, 3.63) is 0 Å². The number of hydrogen-bond acceptors (Lipinski definition) is 7. The van der Waals surface area contributed by atoms with Crippen LogP contribution in [0.3, 0.4) is 0 Å². The van der Waals surface area contributed by atoms with Gasteiger partial charge in [0, 0.05) is 0 Å². The summed E-state index contributed by atoms with van der Waals surface area (Å²) >= 11 is 0. The molecule has 5 unspecified atom stereocenters. The van der Waals surface area contributed by atoms with E-state index in [1.54, 1.807) is 13.8 Å². The summed E-state index contributed by atoms with van der Waals surface area (Å²) in [7, 11) is 0. The molecule has 0 radical (unpaired) electrons. The SMILES string of the molecule is CC(C)C(NC(=O)C(CO)NC(=O)C1CCCN1)C(=O)NC(C(=O)O)C(C)O. The second kappa shape index (κ2) is 10.9. The molecule has 0 bridgehead atoms. The van der Waals surface area contributed by atoms with Gasteiger partial charge in [-0.25, -0.2) is 4.79 Å². The molecular formula is C17H30N4O7. The summed E-state index contributed by atoms with van der Waals surface area (Å²) in [5.41, 5.74) is 0. The van der Waals surface area contributed by atoms with Gasteiger partial charge in [-0.1, -0.05) is 13.8 Å². The summed E-state index contributed by atoms with van der Waals surface area (Å²) < 4.78 is 0. The van der Waals surface area contributed by atoms with E-state index in [1.807, 2.05) is 0 Å². The molecule has 1 heterocycles. The van der Waals surface area contributed by atoms with Crippen molar-refractivity contribution in [2.45, 2.75) is 63.9 Å². The van der Waals surface area contributed by atoms with Crippen LogP contribution < -0.4 is 21.3 Å². The summed E-state index contributed by atoms with van der Waals surface area (Å²) in [5.74, 6) is -3.82. The van der Waals surface area contributed by atoms with Gasteiger partial charge in [-0.15, -0.1) is 0 Å². The Kier molecular flexibility index (Phi) is 9.29. The molecule has 1 rings (SSSR count). The van der Waals surface area contributed by atoms with Gasteiger partial charge >= 0.3 is 5.97 Å². The van der Waals surface area contributed by atoms with Crippen LogP contribution in [-0.4, -0.2) is 82.4 Å². The Bertz CT molecular complexity index is 576. The van der Waals surface area contributed by atoms with Crippen LogP contribution in [0.2, 0.25) is 0 Å². The fraction of sp³-hybridized carbons (Fsp3) is 0.765. The van der Waals surface area contributed by atoms with Crippen LogP contribution in [-0.2, 0) is 19.2 Å². The first-order valence-electron chi connectivity index (χ1n) is 9.24. The van der Waals surface area contributed by atoms with E-state index >= 15 is 0 Å². The Balaban J connectivity index is 2.76. The first-order chi connectivity index (χ1) is 13.1. The lowest BCUT2D eigenvalue weighted by atomic mass is 10.0. The minimum absolute atomic E-state index is 0.418. The molecular weight excluding hydrogens is 372 g/mol. The summed E-state index contributed by atoms with van der Waals surface area (Å²) in [6, 6.07) is -4.35. The summed E-state index contributed by atoms with van der Waals surface area (Å²) in [6.07, 6.45) is 0.115. The Morgan fingerprint density at radius 2 is 1.64 bits per heavy atom. The normalized spacial score (nSPS) is 20.7. The molecule has 0 saturated carbocycles. The lowest BCUT2D eigenvalue weighted by Gasteiger charge is -2.27. The number of rotatable bonds is 10. The van der Waals surface area contributed by atoms with Crippen molar-refractivity contribution in [2.75, 3.05) is 13.2 Å². The summed E-state index contributed by atoms with van der Waals surface area (Å²) in [4.78, 5) is 48.1. The second-order valence-electron chi connectivity index (χ2n) is 7.19. The van der Waals surface area contributed by atoms with Gasteiger partial charge in [0.15, 0.2) is 6.04 Å². The van der Waals surface area contributed by atoms with Crippen molar-refractivity contribution in [3.8, 4) is 0 Å². The van der Waals surface area contributed by atoms with Gasteiger partial charge in [0.25, 0.3) is 0 Å². The fourth-order valence-corrected chi connectivity index (χ4v) is 2.80. The zero-order valence-electron chi connectivity index (χ0n) is 16.3. The largest absolute Gasteiger partial charge is 0.480 e. The highest BCUT2D eigenvalue weighted by Crippen LogP contribution is 2.07. The third-order valence-electron chi connectivity index (χ3n) is 4.49. The average molecular weight is 402 g/mol. The van der Waals surface area contributed by atoms with Gasteiger partial charge in [-0.2, -0.15) is 0 Å². The van der Waals surface area contributed by atoms with Gasteiger partial charge in [0.05, 0.1) is 18.8 Å². The number of aliphatic carboxylic acids is 1. The van der Waals surface area contributed by atoms with E-state index in [4.69, 9.17) is 5.11 Å². The third kappa shape index (κ3) is 6.73. The molecule has 5 atom stereocenters. The maximum Gasteiger partial charge on any atom is 0.328 e. The molecule has 3 amide bonds. The number of carbonyl (C=O) groups excluding carboxylic acids is 3. The highest BCUT2D eigenvalue weighted by atomic mass is 16.4. The molecule has 160 valence electrons. The molecule has 1 fully saturated rings. The van der Waals surface area contributed by atoms with Crippen LogP contribution in [0.1, 0.15) is 33.6 Å². The standard InChI is InChI=1S/C17H30N4O7/c1-8(2)12(16(26)21-13(9(3)23)17(27)28)20-15(25)11(7-22)19-14(24)10-5-4-6-18-10/h8-13,18,22-23H,4-7H2,1-3H3,(H,19,24)(H,20,25)(H,21,26)(H,27,28). The van der Waals surface area contributed by atoms with Crippen molar-refractivity contribution in [3.63, 3.8) is 0 Å². The molecule has 28 heavy (non-hydrogen) atoms. The maximum atomic E-state index is 12.4. The van der Waals surface area contributed by atoms with Crippen molar-refractivity contribution >= 4 is 23.7 Å². The summed E-state index contributed by atoms with van der Waals surface area (Å²) in [5, 5.41) is 38.1. The first kappa shape index (κ1) is 23.8. The quantitative estimate of drug-likeness (QED) is 0.206. The zero-order valence-corrected chi connectivity index (χ0v) is 16.3. The van der Waals surface area contributed by atoms with Crippen molar-refractivity contribution < 1.29 is 34.5 Å². The molecule has 0 spiro atoms. The van der Waals surface area contributed by atoms with Crippen LogP contribution in [0.15, 0.2) is 0 Å². The smallest absolute Gasteiger partial charge is 0.328 e. The minimum atomic E-state index is -1.53. The van der Waals surface area contributed by atoms with Crippen molar-refractivity contribution in [1.29, 1.82) is 0 Å². The molecule has 11 heteroatoms. The molecule has 7 N–H and O–H groups in total. The lowest BCUT2D eigenvalue weighted by molar-refractivity contribution is -0.145. The third-order valence-corrected chi connectivity index (χ3v) is 4.49. The van der Waals surface area contributed by atoms with Crippen LogP contribution >= 0.6 is 0 Å². The molecule has 1 aliphatic rings. The molecule has 1 saturated heterocycles. The zero-order chi connectivity index (χ0) is 21.4. The van der Waals surface area contributed by atoms with Crippen molar-refractivity contribution in [1.82, 2.24) is 21.3 Å². The number of aliphatic hydroxyl groups excluding tert-OH is 2. The Hall–Kier alpha value is -2.24. The number of carboxylic acids is 1. The van der Waals surface area contributed by atoms with Gasteiger partial charge < -0.3 is 36.6 Å². The molecule has 0 aromatic heterocycles. The van der Waals surface area contributed by atoms with E-state index in [1.165, 1.54) is 6.92 Å². The monoisotopic (exact) mass is 402 g/mol. The van der Waals surface area contributed by atoms with Gasteiger partial charge in [-0.05, 0) is 32.2 Å². The maximum absolute atomic E-state index is 12.4. The van der Waals surface area contributed by atoms with E-state index < -0.39 is 66.5 Å². The molecule has 11 nitrogen and oxygen atoms in total. The predicted octanol–water partition coefficient (Wildman–Crippen LogP) is -2.69. The number of carboxylic acid groups (broad SMARTS) is 1. The van der Waals surface area contributed by atoms with Crippen molar-refractivity contribution in [2.24, 2.45) is 5.92 Å². The van der Waals surface area contributed by atoms with E-state index in [9.17, 15) is 29.4 Å². The second-order valence-corrected chi connectivity index (χ2v) is 7.19. The Labute approximate surface area is 163 Å². The summed E-state index contributed by atoms with van der Waals surface area (Å²) in [6.45, 7) is 4.52. The molecule has 0 aromatic carbocycles. The Morgan fingerprint density at radius 1 is 1.04 bits per heavy atom. The van der Waals surface area contributed by atoms with E-state index in [0.717, 1.165) is 6.42 Å². The minimum Gasteiger partial charge on any atom is -0.480 e. The molecule has 0 aromatic rings. The van der Waals surface area contributed by atoms with Crippen LogP contribution in [0.4, 0.5) is 0 Å². The van der Waals surface area contributed by atoms with Crippen LogP contribution in [0.5, 0.6) is 0 Å². The van der Waals surface area contributed by atoms with E-state index in [0.29, 0.717) is 13.0 Å². The average Bonchev–Trinajstić information content (AvgIpc) is 3.15. The number of carbonyl (C=O) groups is 4. The number of hydrogen-bond donors (Lipinski definition) is 7. The highest BCUT2D eigenvalue weighted by molar-refractivity contribution is 5.94. The van der Waals surface area contributed by atoms with Crippen LogP contribution in [0.25, 0.3) is 0 Å². The Morgan fingerprint density at radius 3 is 2.07 bits per heavy atom. The van der Waals surface area contributed by atoms with Gasteiger partial charge in [0.1, 0.15) is 12.1 Å². The highest BCUT2D eigenvalue weighted by Gasteiger charge is 2.33. The lowest BCUT2D eigenvalue weighted by Crippen LogP contribution is -2.60. The van der Waals surface area contributed by atoms with E-state index in [2.05, 4.69) is 21.3 Å². The number of nitrogens with one attached hydrogen (secondary N) is 4. The first-order valence-corrected chi connectivity index (χ1v) is 9.24. The van der Waals surface area contributed by atoms with Crippen LogP contribution in [0, 0.1) is 5.92 Å². The predicted molar refractivity (Wildman–Crippen MR) is 98.1 cm³/mol. The molecule has 0 aliphatic carbocycles. The van der Waals surface area contributed by atoms with Gasteiger partial charge in [-0.3, -0.25) is 14.4 Å².